The maximum atomic E-state index is 3.68. The molecule has 15 heavy (non-hydrogen) atoms. The van der Waals surface area contributed by atoms with Crippen LogP contribution in [0.2, 0.25) is 0 Å². The molecule has 0 bridgehead atoms. The van der Waals surface area contributed by atoms with E-state index in [1.165, 1.54) is 32.1 Å². The van der Waals surface area contributed by atoms with Crippen molar-refractivity contribution in [1.82, 2.24) is 5.32 Å². The third-order valence-electron chi connectivity index (χ3n) is 3.08. The number of rotatable bonds is 9. The smallest absolute Gasteiger partial charge is 0.00976 e. The van der Waals surface area contributed by atoms with Gasteiger partial charge in [0.2, 0.25) is 0 Å². The molecule has 0 saturated heterocycles. The van der Waals surface area contributed by atoms with Gasteiger partial charge in [0.05, 0.1) is 0 Å². The Balaban J connectivity index is 4.22. The topological polar surface area (TPSA) is 12.0 Å². The van der Waals surface area contributed by atoms with Crippen LogP contribution in [0, 0.1) is 11.8 Å². The third-order valence-corrected chi connectivity index (χ3v) is 3.08. The lowest BCUT2D eigenvalue weighted by Gasteiger charge is -2.29. The quantitative estimate of drug-likeness (QED) is 0.604. The third kappa shape index (κ3) is 6.94. The summed E-state index contributed by atoms with van der Waals surface area (Å²) in [5, 5.41) is 3.68. The lowest BCUT2D eigenvalue weighted by Crippen LogP contribution is -2.37. The average Bonchev–Trinajstić information content (AvgIpc) is 2.16. The van der Waals surface area contributed by atoms with E-state index in [1.54, 1.807) is 0 Å². The summed E-state index contributed by atoms with van der Waals surface area (Å²) in [6.45, 7) is 12.6. The van der Waals surface area contributed by atoms with Crippen LogP contribution in [0.15, 0.2) is 0 Å². The van der Waals surface area contributed by atoms with Crippen LogP contribution in [-0.4, -0.2) is 12.6 Å². The maximum absolute atomic E-state index is 3.68. The van der Waals surface area contributed by atoms with Crippen molar-refractivity contribution in [3.8, 4) is 0 Å². The van der Waals surface area contributed by atoms with Crippen molar-refractivity contribution in [3.05, 3.63) is 0 Å². The van der Waals surface area contributed by atoms with Crippen LogP contribution in [-0.2, 0) is 0 Å². The molecule has 0 aromatic rings. The first-order chi connectivity index (χ1) is 7.15. The summed E-state index contributed by atoms with van der Waals surface area (Å²) in [6, 6.07) is 0.745. The Morgan fingerprint density at radius 2 is 1.47 bits per heavy atom. The van der Waals surface area contributed by atoms with Gasteiger partial charge in [-0.15, -0.1) is 0 Å². The van der Waals surface area contributed by atoms with Gasteiger partial charge in [0.25, 0.3) is 0 Å². The summed E-state index contributed by atoms with van der Waals surface area (Å²) >= 11 is 0. The van der Waals surface area contributed by atoms with Gasteiger partial charge in [0.1, 0.15) is 0 Å². The Morgan fingerprint density at radius 1 is 0.933 bits per heavy atom. The predicted molar refractivity (Wildman–Crippen MR) is 70.2 cm³/mol. The summed E-state index contributed by atoms with van der Waals surface area (Å²) in [7, 11) is 0. The normalized spacial score (nSPS) is 13.8. The summed E-state index contributed by atoms with van der Waals surface area (Å²) in [6.07, 6.45) is 6.75. The van der Waals surface area contributed by atoms with Crippen molar-refractivity contribution in [2.75, 3.05) is 6.54 Å². The zero-order chi connectivity index (χ0) is 11.7. The Kier molecular flexibility index (Phi) is 9.18. The van der Waals surface area contributed by atoms with Gasteiger partial charge in [-0.05, 0) is 37.6 Å². The van der Waals surface area contributed by atoms with Gasteiger partial charge in [0, 0.05) is 6.04 Å². The number of nitrogens with one attached hydrogen (secondary N) is 1. The largest absolute Gasteiger partial charge is 0.314 e. The van der Waals surface area contributed by atoms with E-state index in [4.69, 9.17) is 0 Å². The van der Waals surface area contributed by atoms with E-state index in [1.807, 2.05) is 0 Å². The molecule has 0 saturated carbocycles. The van der Waals surface area contributed by atoms with Crippen molar-refractivity contribution >= 4 is 0 Å². The molecule has 0 rings (SSSR count). The fraction of sp³-hybridized carbons (Fsp3) is 1.00. The number of hydrogen-bond donors (Lipinski definition) is 1. The van der Waals surface area contributed by atoms with Gasteiger partial charge in [-0.2, -0.15) is 0 Å². The summed E-state index contributed by atoms with van der Waals surface area (Å²) in [4.78, 5) is 0. The van der Waals surface area contributed by atoms with Crippen LogP contribution in [0.3, 0.4) is 0 Å². The zero-order valence-electron chi connectivity index (χ0n) is 11.5. The molecule has 0 radical (unpaired) electrons. The molecule has 1 heteroatoms. The van der Waals surface area contributed by atoms with E-state index >= 15 is 0 Å². The van der Waals surface area contributed by atoms with Crippen molar-refractivity contribution in [2.45, 2.75) is 72.8 Å². The SMILES string of the molecule is CCCC(CCC)C(CC(C)C)NCC. The molecule has 0 aromatic heterocycles. The molecule has 0 spiro atoms. The fourth-order valence-electron chi connectivity index (χ4n) is 2.50. The minimum Gasteiger partial charge on any atom is -0.314 e. The van der Waals surface area contributed by atoms with Crippen molar-refractivity contribution in [3.63, 3.8) is 0 Å². The molecule has 0 amide bonds. The van der Waals surface area contributed by atoms with Crippen LogP contribution in [0.25, 0.3) is 0 Å². The summed E-state index contributed by atoms with van der Waals surface area (Å²) in [5.74, 6) is 1.70. The second-order valence-corrected chi connectivity index (χ2v) is 5.13. The molecule has 0 aromatic carbocycles. The van der Waals surface area contributed by atoms with Crippen LogP contribution in [0.1, 0.15) is 66.7 Å². The predicted octanol–water partition coefficient (Wildman–Crippen LogP) is 4.23. The molecule has 1 nitrogen and oxygen atoms in total. The molecule has 0 aliphatic carbocycles. The highest BCUT2D eigenvalue weighted by atomic mass is 14.9. The minimum atomic E-state index is 0.745. The second kappa shape index (κ2) is 9.21. The summed E-state index contributed by atoms with van der Waals surface area (Å²) in [5.41, 5.74) is 0. The lowest BCUT2D eigenvalue weighted by molar-refractivity contribution is 0.277. The minimum absolute atomic E-state index is 0.745. The lowest BCUT2D eigenvalue weighted by atomic mass is 9.85. The molecule has 1 N–H and O–H groups in total. The first kappa shape index (κ1) is 15.0. The van der Waals surface area contributed by atoms with Crippen molar-refractivity contribution in [1.29, 1.82) is 0 Å². The first-order valence-corrected chi connectivity index (χ1v) is 6.88. The molecule has 0 aliphatic rings. The van der Waals surface area contributed by atoms with Crippen molar-refractivity contribution < 1.29 is 0 Å². The van der Waals surface area contributed by atoms with Gasteiger partial charge >= 0.3 is 0 Å². The van der Waals surface area contributed by atoms with Crippen LogP contribution in [0.5, 0.6) is 0 Å². The molecule has 0 fully saturated rings. The Labute approximate surface area is 97.0 Å². The van der Waals surface area contributed by atoms with Crippen LogP contribution >= 0.6 is 0 Å². The molecule has 92 valence electrons. The second-order valence-electron chi connectivity index (χ2n) is 5.13. The van der Waals surface area contributed by atoms with Crippen molar-refractivity contribution in [2.24, 2.45) is 11.8 Å². The van der Waals surface area contributed by atoms with Crippen LogP contribution < -0.4 is 5.32 Å². The Morgan fingerprint density at radius 3 is 1.80 bits per heavy atom. The van der Waals surface area contributed by atoms with E-state index in [0.717, 1.165) is 24.4 Å². The Hall–Kier alpha value is -0.0400. The van der Waals surface area contributed by atoms with E-state index in [0.29, 0.717) is 0 Å². The summed E-state index contributed by atoms with van der Waals surface area (Å²) < 4.78 is 0. The molecule has 1 unspecified atom stereocenters. The zero-order valence-corrected chi connectivity index (χ0v) is 11.5. The number of hydrogen-bond acceptors (Lipinski definition) is 1. The van der Waals surface area contributed by atoms with E-state index in [-0.39, 0.29) is 0 Å². The van der Waals surface area contributed by atoms with Gasteiger partial charge in [-0.1, -0.05) is 47.5 Å². The van der Waals surface area contributed by atoms with E-state index in [2.05, 4.69) is 39.9 Å². The monoisotopic (exact) mass is 213 g/mol. The maximum Gasteiger partial charge on any atom is 0.00976 e. The average molecular weight is 213 g/mol. The molecular weight excluding hydrogens is 182 g/mol. The fourth-order valence-corrected chi connectivity index (χ4v) is 2.50. The van der Waals surface area contributed by atoms with Gasteiger partial charge in [-0.3, -0.25) is 0 Å². The van der Waals surface area contributed by atoms with E-state index < -0.39 is 0 Å². The van der Waals surface area contributed by atoms with Gasteiger partial charge < -0.3 is 5.32 Å². The molecule has 0 aliphatic heterocycles. The van der Waals surface area contributed by atoms with Gasteiger partial charge in [0.15, 0.2) is 0 Å². The standard InChI is InChI=1S/C14H31N/c1-6-9-13(10-7-2)14(15-8-3)11-12(4)5/h12-15H,6-11H2,1-5H3. The Bertz CT molecular complexity index is 125. The highest BCUT2D eigenvalue weighted by Crippen LogP contribution is 2.22. The van der Waals surface area contributed by atoms with Crippen LogP contribution in [0.4, 0.5) is 0 Å². The molecular formula is C14H31N. The van der Waals surface area contributed by atoms with Gasteiger partial charge in [-0.25, -0.2) is 0 Å². The highest BCUT2D eigenvalue weighted by molar-refractivity contribution is 4.76. The van der Waals surface area contributed by atoms with E-state index in [9.17, 15) is 0 Å². The first-order valence-electron chi connectivity index (χ1n) is 6.88. The molecule has 0 heterocycles. The molecule has 1 atom stereocenters. The highest BCUT2D eigenvalue weighted by Gasteiger charge is 2.19.